The maximum Gasteiger partial charge on any atom is 0.312 e. The van der Waals surface area contributed by atoms with Crippen LogP contribution in [0.25, 0.3) is 0 Å². The van der Waals surface area contributed by atoms with Gasteiger partial charge in [-0.2, -0.15) is 0 Å². The minimum Gasteiger partial charge on any atom is -0.482 e. The first-order chi connectivity index (χ1) is 7.95. The van der Waals surface area contributed by atoms with E-state index in [4.69, 9.17) is 4.74 Å². The molecule has 0 saturated carbocycles. The molecule has 0 aromatic heterocycles. The lowest BCUT2D eigenvalue weighted by Crippen LogP contribution is -2.26. The molecule has 1 unspecified atom stereocenters. The van der Waals surface area contributed by atoms with Crippen molar-refractivity contribution in [3.63, 3.8) is 0 Å². The number of hydrogen-bond acceptors (Lipinski definition) is 4. The quantitative estimate of drug-likeness (QED) is 0.670. The molecule has 0 heterocycles. The predicted octanol–water partition coefficient (Wildman–Crippen LogP) is 2.48. The van der Waals surface area contributed by atoms with Crippen molar-refractivity contribution < 1.29 is 14.1 Å². The highest BCUT2D eigenvalue weighted by Crippen LogP contribution is 2.32. The number of ether oxygens (including phenoxy) is 1. The second-order valence-electron chi connectivity index (χ2n) is 3.48. The number of likely N-dealkylation sites (N-methyl/N-ethyl adjacent to an activating group) is 1. The first kappa shape index (κ1) is 13.9. The number of halogens is 2. The molecule has 0 radical (unpaired) electrons. The number of nitro benzene ring substituents is 1. The van der Waals surface area contributed by atoms with E-state index in [1.807, 2.05) is 0 Å². The van der Waals surface area contributed by atoms with Gasteiger partial charge in [0.05, 0.1) is 9.40 Å². The number of nitrogens with one attached hydrogen (secondary N) is 1. The number of nitrogens with zero attached hydrogens (tertiary/aromatic N) is 1. The molecule has 5 nitrogen and oxygen atoms in total. The zero-order valence-corrected chi connectivity index (χ0v) is 11.0. The summed E-state index contributed by atoms with van der Waals surface area (Å²) in [6.07, 6.45) is -0.292. The minimum absolute atomic E-state index is 0.0396. The van der Waals surface area contributed by atoms with Gasteiger partial charge in [-0.15, -0.1) is 0 Å². The van der Waals surface area contributed by atoms with Crippen LogP contribution in [-0.4, -0.2) is 24.6 Å². The van der Waals surface area contributed by atoms with E-state index in [0.717, 1.165) is 12.1 Å². The van der Waals surface area contributed by atoms with E-state index in [-0.39, 0.29) is 22.0 Å². The molecular formula is C10H12BrFN2O3. The largest absolute Gasteiger partial charge is 0.482 e. The summed E-state index contributed by atoms with van der Waals surface area (Å²) in [5.74, 6) is -0.666. The molecule has 0 saturated heterocycles. The van der Waals surface area contributed by atoms with E-state index >= 15 is 0 Å². The van der Waals surface area contributed by atoms with Gasteiger partial charge in [-0.1, -0.05) is 0 Å². The molecule has 0 aliphatic heterocycles. The second-order valence-corrected chi connectivity index (χ2v) is 4.33. The maximum atomic E-state index is 13.3. The van der Waals surface area contributed by atoms with Gasteiger partial charge < -0.3 is 10.1 Å². The Morgan fingerprint density at radius 1 is 1.65 bits per heavy atom. The summed E-state index contributed by atoms with van der Waals surface area (Å²) in [5, 5.41) is 13.7. The predicted molar refractivity (Wildman–Crippen MR) is 64.8 cm³/mol. The summed E-state index contributed by atoms with van der Waals surface area (Å²) < 4.78 is 18.7. The molecule has 0 aliphatic rings. The third-order valence-corrected chi connectivity index (χ3v) is 2.63. The first-order valence-electron chi connectivity index (χ1n) is 4.90. The number of rotatable bonds is 5. The van der Waals surface area contributed by atoms with E-state index in [2.05, 4.69) is 21.2 Å². The molecule has 1 aromatic carbocycles. The topological polar surface area (TPSA) is 64.4 Å². The Hall–Kier alpha value is -1.21. The summed E-state index contributed by atoms with van der Waals surface area (Å²) in [6.45, 7) is 2.25. The van der Waals surface area contributed by atoms with Crippen molar-refractivity contribution in [1.29, 1.82) is 0 Å². The van der Waals surface area contributed by atoms with E-state index in [1.54, 1.807) is 14.0 Å². The van der Waals surface area contributed by atoms with Crippen molar-refractivity contribution in [2.24, 2.45) is 0 Å². The monoisotopic (exact) mass is 306 g/mol. The number of hydrogen-bond donors (Lipinski definition) is 1. The minimum atomic E-state index is -0.606. The fourth-order valence-electron chi connectivity index (χ4n) is 1.30. The SMILES string of the molecule is CNCC(C)Oc1cc(F)c(Br)cc1[N+](=O)[O-]. The van der Waals surface area contributed by atoms with Gasteiger partial charge >= 0.3 is 5.69 Å². The highest BCUT2D eigenvalue weighted by atomic mass is 79.9. The van der Waals surface area contributed by atoms with Crippen molar-refractivity contribution >= 4 is 21.6 Å². The molecule has 17 heavy (non-hydrogen) atoms. The van der Waals surface area contributed by atoms with Crippen LogP contribution in [0.1, 0.15) is 6.92 Å². The molecule has 94 valence electrons. The van der Waals surface area contributed by atoms with Crippen molar-refractivity contribution in [3.05, 3.63) is 32.5 Å². The first-order valence-corrected chi connectivity index (χ1v) is 5.69. The van der Waals surface area contributed by atoms with E-state index < -0.39 is 10.7 Å². The average molecular weight is 307 g/mol. The van der Waals surface area contributed by atoms with Crippen LogP contribution < -0.4 is 10.1 Å². The summed E-state index contributed by atoms with van der Waals surface area (Å²) in [6, 6.07) is 2.10. The molecule has 0 spiro atoms. The maximum absolute atomic E-state index is 13.3. The fraction of sp³-hybridized carbons (Fsp3) is 0.400. The summed E-state index contributed by atoms with van der Waals surface area (Å²) >= 11 is 2.90. The Bertz CT molecular complexity index is 428. The van der Waals surface area contributed by atoms with Gasteiger partial charge in [-0.3, -0.25) is 10.1 Å². The average Bonchev–Trinajstić information content (AvgIpc) is 2.23. The highest BCUT2D eigenvalue weighted by Gasteiger charge is 2.20. The highest BCUT2D eigenvalue weighted by molar-refractivity contribution is 9.10. The zero-order valence-electron chi connectivity index (χ0n) is 9.37. The third-order valence-electron chi connectivity index (χ3n) is 2.02. The lowest BCUT2D eigenvalue weighted by atomic mass is 10.3. The second kappa shape index (κ2) is 5.92. The van der Waals surface area contributed by atoms with Crippen LogP contribution in [0.5, 0.6) is 5.75 Å². The lowest BCUT2D eigenvalue weighted by molar-refractivity contribution is -0.386. The molecule has 0 fully saturated rings. The normalized spacial score (nSPS) is 12.2. The summed E-state index contributed by atoms with van der Waals surface area (Å²) in [7, 11) is 1.73. The smallest absolute Gasteiger partial charge is 0.312 e. The van der Waals surface area contributed by atoms with Crippen LogP contribution >= 0.6 is 15.9 Å². The van der Waals surface area contributed by atoms with Crippen LogP contribution in [0.2, 0.25) is 0 Å². The Labute approximate surface area is 106 Å². The molecule has 0 aliphatic carbocycles. The molecule has 0 amide bonds. The third kappa shape index (κ3) is 3.64. The molecule has 1 atom stereocenters. The molecule has 7 heteroatoms. The van der Waals surface area contributed by atoms with Gasteiger partial charge in [0.15, 0.2) is 5.75 Å². The van der Waals surface area contributed by atoms with Crippen LogP contribution in [0.3, 0.4) is 0 Å². The molecule has 1 aromatic rings. The number of benzene rings is 1. The van der Waals surface area contributed by atoms with Gasteiger partial charge in [-0.25, -0.2) is 4.39 Å². The van der Waals surface area contributed by atoms with E-state index in [1.165, 1.54) is 0 Å². The molecule has 1 rings (SSSR count). The zero-order chi connectivity index (χ0) is 13.0. The fourth-order valence-corrected chi connectivity index (χ4v) is 1.63. The van der Waals surface area contributed by atoms with Gasteiger partial charge in [-0.05, 0) is 29.9 Å². The Morgan fingerprint density at radius 2 is 2.29 bits per heavy atom. The van der Waals surface area contributed by atoms with Crippen molar-refractivity contribution in [3.8, 4) is 5.75 Å². The molecule has 1 N–H and O–H groups in total. The summed E-state index contributed by atoms with van der Waals surface area (Å²) in [5.41, 5.74) is -0.263. The van der Waals surface area contributed by atoms with Crippen LogP contribution in [0, 0.1) is 15.9 Å². The Balaban J connectivity index is 3.04. The standard InChI is InChI=1S/C10H12BrFN2O3/c1-6(5-13-2)17-10-4-8(12)7(11)3-9(10)14(15)16/h3-4,6,13H,5H2,1-2H3. The van der Waals surface area contributed by atoms with Crippen LogP contribution in [0.4, 0.5) is 10.1 Å². The van der Waals surface area contributed by atoms with Gasteiger partial charge in [0, 0.05) is 18.7 Å². The lowest BCUT2D eigenvalue weighted by Gasteiger charge is -2.14. The number of nitro groups is 1. The van der Waals surface area contributed by atoms with Crippen LogP contribution in [0.15, 0.2) is 16.6 Å². The van der Waals surface area contributed by atoms with Gasteiger partial charge in [0.25, 0.3) is 0 Å². The molecular weight excluding hydrogens is 295 g/mol. The molecule has 0 bridgehead atoms. The van der Waals surface area contributed by atoms with Crippen molar-refractivity contribution in [2.45, 2.75) is 13.0 Å². The van der Waals surface area contributed by atoms with Crippen molar-refractivity contribution in [1.82, 2.24) is 5.32 Å². The summed E-state index contributed by atoms with van der Waals surface area (Å²) in [4.78, 5) is 10.2. The van der Waals surface area contributed by atoms with Gasteiger partial charge in [0.2, 0.25) is 0 Å². The Morgan fingerprint density at radius 3 is 2.82 bits per heavy atom. The van der Waals surface area contributed by atoms with Crippen LogP contribution in [-0.2, 0) is 0 Å². The van der Waals surface area contributed by atoms with E-state index in [0.29, 0.717) is 6.54 Å². The van der Waals surface area contributed by atoms with E-state index in [9.17, 15) is 14.5 Å². The van der Waals surface area contributed by atoms with Gasteiger partial charge in [0.1, 0.15) is 11.9 Å². The van der Waals surface area contributed by atoms with Crippen molar-refractivity contribution in [2.75, 3.05) is 13.6 Å². The Kier molecular flexibility index (Phi) is 4.83.